The van der Waals surface area contributed by atoms with Crippen LogP contribution in [0.3, 0.4) is 0 Å². The first kappa shape index (κ1) is 28.2. The SMILES string of the molecule is CCN(CC)CCn1ccc2cc(-c3cc(Nc4ccc(NS(=O)(=O)c5ccc(F)cc5F)cc4)ncn3)ccc21. The Morgan fingerprint density at radius 2 is 1.63 bits per heavy atom. The molecular formula is C30H30F2N6O2S. The molecule has 0 unspecified atom stereocenters. The van der Waals surface area contributed by atoms with Crippen molar-refractivity contribution >= 4 is 38.1 Å². The Kier molecular flexibility index (Phi) is 8.27. The molecule has 41 heavy (non-hydrogen) atoms. The number of sulfonamides is 1. The van der Waals surface area contributed by atoms with Crippen LogP contribution in [0.4, 0.5) is 26.0 Å². The summed E-state index contributed by atoms with van der Waals surface area (Å²) in [6.45, 7) is 8.34. The first-order valence-corrected chi connectivity index (χ1v) is 14.7. The van der Waals surface area contributed by atoms with Crippen molar-refractivity contribution < 1.29 is 17.2 Å². The molecule has 0 bridgehead atoms. The molecule has 0 radical (unpaired) electrons. The Morgan fingerprint density at radius 1 is 0.878 bits per heavy atom. The van der Waals surface area contributed by atoms with Gasteiger partial charge in [0.25, 0.3) is 10.0 Å². The summed E-state index contributed by atoms with van der Waals surface area (Å²) >= 11 is 0. The van der Waals surface area contributed by atoms with Crippen molar-refractivity contribution in [3.63, 3.8) is 0 Å². The van der Waals surface area contributed by atoms with Gasteiger partial charge < -0.3 is 14.8 Å². The average Bonchev–Trinajstić information content (AvgIpc) is 3.37. The van der Waals surface area contributed by atoms with Crippen molar-refractivity contribution in [1.29, 1.82) is 0 Å². The van der Waals surface area contributed by atoms with Crippen LogP contribution in [-0.4, -0.2) is 47.5 Å². The molecule has 0 aliphatic rings. The summed E-state index contributed by atoms with van der Waals surface area (Å²) in [5.74, 6) is -1.46. The van der Waals surface area contributed by atoms with E-state index in [2.05, 4.69) is 67.7 Å². The molecule has 0 aliphatic heterocycles. The Hall–Kier alpha value is -4.35. The molecule has 2 N–H and O–H groups in total. The summed E-state index contributed by atoms with van der Waals surface area (Å²) in [6.07, 6.45) is 3.60. The number of likely N-dealkylation sites (N-methyl/N-ethyl adjacent to an activating group) is 1. The molecule has 0 saturated heterocycles. The molecule has 2 aromatic heterocycles. The van der Waals surface area contributed by atoms with Crippen LogP contribution in [0.15, 0.2) is 90.2 Å². The van der Waals surface area contributed by atoms with Crippen LogP contribution < -0.4 is 10.0 Å². The highest BCUT2D eigenvalue weighted by Crippen LogP contribution is 2.27. The molecular weight excluding hydrogens is 546 g/mol. The molecule has 0 amide bonds. The summed E-state index contributed by atoms with van der Waals surface area (Å²) in [4.78, 5) is 10.5. The largest absolute Gasteiger partial charge is 0.346 e. The third-order valence-corrected chi connectivity index (χ3v) is 8.29. The number of aromatic nitrogens is 3. The summed E-state index contributed by atoms with van der Waals surface area (Å²) in [7, 11) is -4.23. The topological polar surface area (TPSA) is 92.2 Å². The average molecular weight is 577 g/mol. The molecule has 0 fully saturated rings. The fraction of sp³-hybridized carbons (Fsp3) is 0.200. The van der Waals surface area contributed by atoms with Gasteiger partial charge in [0.15, 0.2) is 0 Å². The number of hydrogen-bond donors (Lipinski definition) is 2. The van der Waals surface area contributed by atoms with Gasteiger partial charge in [0.2, 0.25) is 0 Å². The van der Waals surface area contributed by atoms with Crippen LogP contribution in [-0.2, 0) is 16.6 Å². The number of nitrogens with one attached hydrogen (secondary N) is 2. The van der Waals surface area contributed by atoms with E-state index in [0.717, 1.165) is 55.0 Å². The predicted octanol–water partition coefficient (Wildman–Crippen LogP) is 6.26. The first-order valence-electron chi connectivity index (χ1n) is 13.2. The maximum absolute atomic E-state index is 14.0. The van der Waals surface area contributed by atoms with Crippen LogP contribution in [0.25, 0.3) is 22.2 Å². The van der Waals surface area contributed by atoms with Crippen molar-refractivity contribution in [2.45, 2.75) is 25.3 Å². The molecule has 3 aromatic carbocycles. The highest BCUT2D eigenvalue weighted by atomic mass is 32.2. The second-order valence-corrected chi connectivity index (χ2v) is 11.1. The summed E-state index contributed by atoms with van der Waals surface area (Å²) in [5, 5.41) is 4.33. The summed E-state index contributed by atoms with van der Waals surface area (Å²) in [5.41, 5.74) is 3.77. The Balaban J connectivity index is 1.27. The van der Waals surface area contributed by atoms with Gasteiger partial charge in [0.1, 0.15) is 28.7 Å². The lowest BCUT2D eigenvalue weighted by Crippen LogP contribution is -2.26. The highest BCUT2D eigenvalue weighted by Gasteiger charge is 2.19. The van der Waals surface area contributed by atoms with Gasteiger partial charge in [-0.2, -0.15) is 0 Å². The van der Waals surface area contributed by atoms with Crippen molar-refractivity contribution in [3.8, 4) is 11.3 Å². The van der Waals surface area contributed by atoms with E-state index in [9.17, 15) is 17.2 Å². The van der Waals surface area contributed by atoms with Gasteiger partial charge in [0, 0.05) is 59.3 Å². The van der Waals surface area contributed by atoms with E-state index >= 15 is 0 Å². The molecule has 5 aromatic rings. The van der Waals surface area contributed by atoms with Crippen LogP contribution in [0.1, 0.15) is 13.8 Å². The number of hydrogen-bond acceptors (Lipinski definition) is 6. The van der Waals surface area contributed by atoms with E-state index in [4.69, 9.17) is 0 Å². The maximum atomic E-state index is 14.0. The molecule has 11 heteroatoms. The quantitative estimate of drug-likeness (QED) is 0.193. The second-order valence-electron chi connectivity index (χ2n) is 9.48. The number of fused-ring (bicyclic) bond motifs is 1. The van der Waals surface area contributed by atoms with Gasteiger partial charge in [-0.15, -0.1) is 0 Å². The number of anilines is 3. The minimum absolute atomic E-state index is 0.222. The van der Waals surface area contributed by atoms with E-state index in [1.54, 1.807) is 12.1 Å². The zero-order valence-corrected chi connectivity index (χ0v) is 23.5. The summed E-state index contributed by atoms with van der Waals surface area (Å²) in [6, 6.07) is 18.9. The minimum Gasteiger partial charge on any atom is -0.346 e. The fourth-order valence-corrected chi connectivity index (χ4v) is 5.72. The number of rotatable bonds is 11. The smallest absolute Gasteiger partial charge is 0.264 e. The monoisotopic (exact) mass is 576 g/mol. The molecule has 0 aliphatic carbocycles. The molecule has 0 saturated carbocycles. The number of halogens is 2. The van der Waals surface area contributed by atoms with Gasteiger partial charge >= 0.3 is 0 Å². The van der Waals surface area contributed by atoms with Crippen LogP contribution in [0.5, 0.6) is 0 Å². The van der Waals surface area contributed by atoms with E-state index in [1.807, 2.05) is 12.1 Å². The lowest BCUT2D eigenvalue weighted by molar-refractivity contribution is 0.292. The minimum atomic E-state index is -4.23. The maximum Gasteiger partial charge on any atom is 0.264 e. The van der Waals surface area contributed by atoms with Gasteiger partial charge in [-0.25, -0.2) is 27.2 Å². The second kappa shape index (κ2) is 12.0. The zero-order chi connectivity index (χ0) is 29.0. The summed E-state index contributed by atoms with van der Waals surface area (Å²) < 4.78 is 56.8. The Morgan fingerprint density at radius 3 is 2.37 bits per heavy atom. The molecule has 212 valence electrons. The number of benzene rings is 3. The third-order valence-electron chi connectivity index (χ3n) is 6.88. The predicted molar refractivity (Wildman–Crippen MR) is 158 cm³/mol. The van der Waals surface area contributed by atoms with Crippen LogP contribution in [0, 0.1) is 11.6 Å². The first-order chi connectivity index (χ1) is 19.8. The molecule has 8 nitrogen and oxygen atoms in total. The lowest BCUT2D eigenvalue weighted by atomic mass is 10.1. The van der Waals surface area contributed by atoms with Crippen molar-refractivity contribution in [2.24, 2.45) is 0 Å². The highest BCUT2D eigenvalue weighted by molar-refractivity contribution is 7.92. The van der Waals surface area contributed by atoms with Gasteiger partial charge in [0.05, 0.1) is 5.69 Å². The van der Waals surface area contributed by atoms with E-state index in [0.29, 0.717) is 17.6 Å². The van der Waals surface area contributed by atoms with Crippen molar-refractivity contribution in [1.82, 2.24) is 19.4 Å². The van der Waals surface area contributed by atoms with Crippen molar-refractivity contribution in [3.05, 3.63) is 97.0 Å². The fourth-order valence-electron chi connectivity index (χ4n) is 4.60. The van der Waals surface area contributed by atoms with Gasteiger partial charge in [-0.05, 0) is 67.7 Å². The van der Waals surface area contributed by atoms with Crippen LogP contribution in [0.2, 0.25) is 0 Å². The van der Waals surface area contributed by atoms with Gasteiger partial charge in [-0.1, -0.05) is 19.9 Å². The molecule has 5 rings (SSSR count). The lowest BCUT2D eigenvalue weighted by Gasteiger charge is -2.18. The van der Waals surface area contributed by atoms with Crippen LogP contribution >= 0.6 is 0 Å². The normalized spacial score (nSPS) is 11.7. The molecule has 0 spiro atoms. The van der Waals surface area contributed by atoms with E-state index in [-0.39, 0.29) is 5.69 Å². The Labute approximate surface area is 237 Å². The molecule has 0 atom stereocenters. The van der Waals surface area contributed by atoms with E-state index in [1.165, 1.54) is 24.0 Å². The zero-order valence-electron chi connectivity index (χ0n) is 22.7. The van der Waals surface area contributed by atoms with Crippen molar-refractivity contribution in [2.75, 3.05) is 29.7 Å². The molecule has 2 heterocycles. The van der Waals surface area contributed by atoms with Gasteiger partial charge in [-0.3, -0.25) is 4.72 Å². The van der Waals surface area contributed by atoms with E-state index < -0.39 is 26.6 Å². The third kappa shape index (κ3) is 6.53. The standard InChI is InChI=1S/C30H30F2N6O2S/c1-3-37(4-2)15-16-38-14-13-22-17-21(5-11-28(22)38)27-19-30(34-20-33-27)35-24-7-9-25(10-8-24)36-41(39,40)29-12-6-23(31)18-26(29)32/h5-14,17-20,36H,3-4,15-16H2,1-2H3,(H,33,34,35). The Bertz CT molecular complexity index is 1770. The number of nitrogens with zero attached hydrogens (tertiary/aromatic N) is 4.